The quantitative estimate of drug-likeness (QED) is 0.433. The van der Waals surface area contributed by atoms with Crippen molar-refractivity contribution < 1.29 is 9.53 Å². The van der Waals surface area contributed by atoms with Crippen LogP contribution in [0, 0.1) is 0 Å². The summed E-state index contributed by atoms with van der Waals surface area (Å²) in [5.74, 6) is 0.639. The van der Waals surface area contributed by atoms with Crippen LogP contribution in [-0.4, -0.2) is 53.5 Å². The average Bonchev–Trinajstić information content (AvgIpc) is 2.45. The number of hydrogen-bond donors (Lipinski definition) is 1. The zero-order chi connectivity index (χ0) is 17.6. The number of halogens is 2. The van der Waals surface area contributed by atoms with E-state index < -0.39 is 5.60 Å². The first kappa shape index (κ1) is 19.8. The molecule has 1 aliphatic heterocycles. The Morgan fingerprint density at radius 2 is 1.78 bits per heavy atom. The Kier molecular flexibility index (Phi) is 7.41. The van der Waals surface area contributed by atoms with E-state index in [1.54, 1.807) is 11.0 Å². The molecule has 0 aromatic carbocycles. The lowest BCUT2D eigenvalue weighted by Crippen LogP contribution is -2.51. The van der Waals surface area contributed by atoms with Gasteiger partial charge in [-0.05, 0) is 43.6 Å². The number of carbonyl (C=O) groups excluding carboxylic acids is 1. The van der Waals surface area contributed by atoms with Gasteiger partial charge in [0.25, 0.3) is 0 Å². The van der Waals surface area contributed by atoms with Crippen molar-refractivity contribution in [3.05, 3.63) is 21.9 Å². The molecule has 0 unspecified atom stereocenters. The molecule has 0 atom stereocenters. The third kappa shape index (κ3) is 6.83. The fourth-order valence-electron chi connectivity index (χ4n) is 1.97. The Morgan fingerprint density at radius 1 is 1.26 bits per heavy atom. The number of aliphatic imine (C=N–C) groups is 1. The van der Waals surface area contributed by atoms with E-state index in [1.165, 1.54) is 6.20 Å². The molecule has 1 saturated heterocycles. The number of amidine groups is 1. The summed E-state index contributed by atoms with van der Waals surface area (Å²) in [6.07, 6.45) is 2.98. The van der Waals surface area contributed by atoms with Crippen LogP contribution in [0.2, 0.25) is 0 Å². The molecule has 0 spiro atoms. The van der Waals surface area contributed by atoms with E-state index in [0.29, 0.717) is 41.7 Å². The second kappa shape index (κ2) is 8.59. The van der Waals surface area contributed by atoms with Crippen molar-refractivity contribution in [3.8, 4) is 0 Å². The number of amides is 1. The van der Waals surface area contributed by atoms with Gasteiger partial charge >= 0.3 is 6.09 Å². The van der Waals surface area contributed by atoms with Gasteiger partial charge in [0.2, 0.25) is 0 Å². The topological polar surface area (TPSA) is 71.2 Å². The molecule has 1 aliphatic rings. The average molecular weight is 408 g/mol. The predicted molar refractivity (Wildman–Crippen MR) is 97.6 cm³/mol. The monoisotopic (exact) mass is 406 g/mol. The number of carbonyl (C=O) groups is 1. The second-order valence-electron chi connectivity index (χ2n) is 6.06. The minimum atomic E-state index is -0.493. The van der Waals surface area contributed by atoms with Crippen LogP contribution in [0.3, 0.4) is 0 Å². The molecule has 0 bridgehead atoms. The lowest BCUT2D eigenvalue weighted by atomic mass is 10.2. The highest BCUT2D eigenvalue weighted by molar-refractivity contribution is 9.11. The molecular formula is C15H24BrClN4O2. The smallest absolute Gasteiger partial charge is 0.410 e. The summed E-state index contributed by atoms with van der Waals surface area (Å²) in [5, 5.41) is 0.542. The predicted octanol–water partition coefficient (Wildman–Crippen LogP) is 3.23. The Bertz CT molecular complexity index is 514. The first-order valence-corrected chi connectivity index (χ1v) is 8.55. The SMILES string of the molecule is C/C=C(Cl)/C(=N/C=C(\N)Br)N1CCN(C(=O)OC(C)(C)C)CC1. The van der Waals surface area contributed by atoms with E-state index in [0.717, 1.165) is 0 Å². The van der Waals surface area contributed by atoms with Gasteiger partial charge in [-0.25, -0.2) is 9.79 Å². The van der Waals surface area contributed by atoms with Gasteiger partial charge in [0.1, 0.15) is 11.4 Å². The Balaban J connectivity index is 2.74. The van der Waals surface area contributed by atoms with Crippen LogP contribution in [0.25, 0.3) is 0 Å². The maximum Gasteiger partial charge on any atom is 0.410 e. The van der Waals surface area contributed by atoms with E-state index in [4.69, 9.17) is 22.1 Å². The molecule has 6 nitrogen and oxygen atoms in total. The highest BCUT2D eigenvalue weighted by Crippen LogP contribution is 2.15. The lowest BCUT2D eigenvalue weighted by Gasteiger charge is -2.36. The molecule has 2 N–H and O–H groups in total. The number of rotatable bonds is 2. The first-order chi connectivity index (χ1) is 10.6. The van der Waals surface area contributed by atoms with Gasteiger partial charge in [-0.3, -0.25) is 0 Å². The van der Waals surface area contributed by atoms with Crippen LogP contribution in [0.4, 0.5) is 4.79 Å². The van der Waals surface area contributed by atoms with Crippen molar-refractivity contribution in [2.45, 2.75) is 33.3 Å². The van der Waals surface area contributed by atoms with Crippen molar-refractivity contribution in [2.75, 3.05) is 26.2 Å². The molecule has 0 aliphatic carbocycles. The van der Waals surface area contributed by atoms with Gasteiger partial charge in [0, 0.05) is 26.2 Å². The normalized spacial score (nSPS) is 18.3. The summed E-state index contributed by atoms with van der Waals surface area (Å²) in [6.45, 7) is 9.76. The van der Waals surface area contributed by atoms with Crippen LogP contribution in [-0.2, 0) is 4.74 Å². The zero-order valence-corrected chi connectivity index (χ0v) is 16.3. The molecule has 0 radical (unpaired) electrons. The summed E-state index contributed by atoms with van der Waals surface area (Å²) in [7, 11) is 0. The van der Waals surface area contributed by atoms with E-state index in [1.807, 2.05) is 32.6 Å². The second-order valence-corrected chi connectivity index (χ2v) is 7.38. The van der Waals surface area contributed by atoms with Crippen molar-refractivity contribution in [1.29, 1.82) is 0 Å². The maximum absolute atomic E-state index is 12.1. The molecule has 1 fully saturated rings. The van der Waals surface area contributed by atoms with E-state index in [-0.39, 0.29) is 6.09 Å². The van der Waals surface area contributed by atoms with Gasteiger partial charge < -0.3 is 20.3 Å². The highest BCUT2D eigenvalue weighted by Gasteiger charge is 2.27. The highest BCUT2D eigenvalue weighted by atomic mass is 79.9. The molecule has 130 valence electrons. The Labute approximate surface area is 151 Å². The summed E-state index contributed by atoms with van der Waals surface area (Å²) in [4.78, 5) is 20.1. The van der Waals surface area contributed by atoms with Gasteiger partial charge in [-0.15, -0.1) is 0 Å². The van der Waals surface area contributed by atoms with Crippen molar-refractivity contribution >= 4 is 39.5 Å². The van der Waals surface area contributed by atoms with Gasteiger partial charge in [0.15, 0.2) is 0 Å². The first-order valence-electron chi connectivity index (χ1n) is 7.38. The molecule has 0 aromatic rings. The van der Waals surface area contributed by atoms with E-state index in [2.05, 4.69) is 20.9 Å². The van der Waals surface area contributed by atoms with Crippen LogP contribution < -0.4 is 5.73 Å². The molecule has 0 aromatic heterocycles. The number of ether oxygens (including phenoxy) is 1. The van der Waals surface area contributed by atoms with Crippen LogP contribution in [0.1, 0.15) is 27.7 Å². The molecule has 1 rings (SSSR count). The largest absolute Gasteiger partial charge is 0.444 e. The third-order valence-electron chi connectivity index (χ3n) is 3.01. The van der Waals surface area contributed by atoms with Crippen LogP contribution >= 0.6 is 27.5 Å². The molecule has 8 heteroatoms. The zero-order valence-electron chi connectivity index (χ0n) is 14.0. The third-order valence-corrected chi connectivity index (χ3v) is 3.60. The summed E-state index contributed by atoms with van der Waals surface area (Å²) >= 11 is 9.37. The Hall–Kier alpha value is -1.21. The Morgan fingerprint density at radius 3 is 2.22 bits per heavy atom. The standard InChI is InChI=1S/C15H24BrClN4O2/c1-5-11(17)13(19-10-12(16)18)20-6-8-21(9-7-20)14(22)23-15(2,3)4/h5,10H,6-9,18H2,1-4H3/b11-5-,12-10-,19-13-. The molecule has 1 heterocycles. The number of allylic oxidation sites excluding steroid dienone is 1. The summed E-state index contributed by atoms with van der Waals surface area (Å²) < 4.78 is 5.81. The summed E-state index contributed by atoms with van der Waals surface area (Å²) in [5.41, 5.74) is 5.06. The van der Waals surface area contributed by atoms with Crippen molar-refractivity contribution in [3.63, 3.8) is 0 Å². The van der Waals surface area contributed by atoms with E-state index >= 15 is 0 Å². The number of piperazine rings is 1. The maximum atomic E-state index is 12.1. The van der Waals surface area contributed by atoms with Gasteiger partial charge in [0.05, 0.1) is 15.8 Å². The van der Waals surface area contributed by atoms with Crippen LogP contribution in [0.5, 0.6) is 0 Å². The molecule has 0 saturated carbocycles. The molecular weight excluding hydrogens is 384 g/mol. The van der Waals surface area contributed by atoms with Crippen molar-refractivity contribution in [2.24, 2.45) is 10.7 Å². The lowest BCUT2D eigenvalue weighted by molar-refractivity contribution is 0.0187. The van der Waals surface area contributed by atoms with Crippen LogP contribution in [0.15, 0.2) is 26.9 Å². The molecule has 1 amide bonds. The molecule has 23 heavy (non-hydrogen) atoms. The fourth-order valence-corrected chi connectivity index (χ4v) is 2.24. The summed E-state index contributed by atoms with van der Waals surface area (Å²) in [6, 6.07) is 0. The number of nitrogens with zero attached hydrogens (tertiary/aromatic N) is 3. The van der Waals surface area contributed by atoms with Gasteiger partial charge in [-0.1, -0.05) is 17.7 Å². The van der Waals surface area contributed by atoms with E-state index in [9.17, 15) is 4.79 Å². The minimum Gasteiger partial charge on any atom is -0.444 e. The minimum absolute atomic E-state index is 0.294. The number of nitrogens with two attached hydrogens (primary N) is 1. The number of hydrogen-bond acceptors (Lipinski definition) is 4. The fraction of sp³-hybridized carbons (Fsp3) is 0.600. The van der Waals surface area contributed by atoms with Gasteiger partial charge in [-0.2, -0.15) is 0 Å². The van der Waals surface area contributed by atoms with Crippen molar-refractivity contribution in [1.82, 2.24) is 9.80 Å².